The number of ether oxygens (including phenoxy) is 3. The van der Waals surface area contributed by atoms with Gasteiger partial charge in [-0.3, -0.25) is 14.4 Å². The number of rotatable bonds is 61. The van der Waals surface area contributed by atoms with Gasteiger partial charge in [0, 0.05) is 19.3 Å². The van der Waals surface area contributed by atoms with Crippen LogP contribution in [0.25, 0.3) is 0 Å². The summed E-state index contributed by atoms with van der Waals surface area (Å²) in [5.74, 6) is -0.890. The average molecular weight is 1120 g/mol. The number of allylic oxidation sites excluding steroid dienone is 20. The summed E-state index contributed by atoms with van der Waals surface area (Å²) in [7, 11) is 0. The molecule has 81 heavy (non-hydrogen) atoms. The van der Waals surface area contributed by atoms with Crippen LogP contribution in [-0.4, -0.2) is 37.2 Å². The Kier molecular flexibility index (Phi) is 64.8. The van der Waals surface area contributed by atoms with Crippen LogP contribution in [0.5, 0.6) is 0 Å². The van der Waals surface area contributed by atoms with E-state index in [4.69, 9.17) is 14.2 Å². The van der Waals surface area contributed by atoms with E-state index in [1.807, 2.05) is 0 Å². The molecular weight excluding hydrogens is 997 g/mol. The highest BCUT2D eigenvalue weighted by molar-refractivity contribution is 5.71. The van der Waals surface area contributed by atoms with Crippen molar-refractivity contribution in [2.45, 2.75) is 322 Å². The Morgan fingerprint density at radius 1 is 0.259 bits per heavy atom. The van der Waals surface area contributed by atoms with Gasteiger partial charge >= 0.3 is 17.9 Å². The van der Waals surface area contributed by atoms with Crippen LogP contribution in [0.2, 0.25) is 0 Å². The minimum atomic E-state index is -0.785. The molecule has 0 radical (unpaired) electrons. The molecule has 0 N–H and O–H groups in total. The van der Waals surface area contributed by atoms with Crippen molar-refractivity contribution in [3.63, 3.8) is 0 Å². The second-order valence-electron chi connectivity index (χ2n) is 22.4. The van der Waals surface area contributed by atoms with E-state index in [0.29, 0.717) is 19.3 Å². The van der Waals surface area contributed by atoms with Crippen LogP contribution in [-0.2, 0) is 28.6 Å². The fourth-order valence-corrected chi connectivity index (χ4v) is 9.37. The molecule has 1 unspecified atom stereocenters. The number of hydrogen-bond acceptors (Lipinski definition) is 6. The summed E-state index contributed by atoms with van der Waals surface area (Å²) >= 11 is 0. The highest BCUT2D eigenvalue weighted by Crippen LogP contribution is 2.16. The van der Waals surface area contributed by atoms with Gasteiger partial charge in [-0.15, -0.1) is 0 Å². The molecule has 462 valence electrons. The molecule has 0 aliphatic rings. The molecule has 0 aliphatic carbocycles. The number of carbonyl (C=O) groups excluding carboxylic acids is 3. The second kappa shape index (κ2) is 68.3. The smallest absolute Gasteiger partial charge is 0.306 e. The Hall–Kier alpha value is -4.19. The van der Waals surface area contributed by atoms with Crippen LogP contribution in [0.1, 0.15) is 316 Å². The summed E-state index contributed by atoms with van der Waals surface area (Å²) in [6.07, 6.45) is 95.1. The van der Waals surface area contributed by atoms with Crippen molar-refractivity contribution < 1.29 is 28.6 Å². The van der Waals surface area contributed by atoms with Gasteiger partial charge in [-0.2, -0.15) is 0 Å². The molecule has 0 saturated carbocycles. The van der Waals surface area contributed by atoms with Gasteiger partial charge in [-0.05, 0) is 116 Å². The van der Waals surface area contributed by atoms with Crippen LogP contribution in [0, 0.1) is 0 Å². The molecule has 0 spiro atoms. The van der Waals surface area contributed by atoms with Crippen LogP contribution in [0.4, 0.5) is 0 Å². The van der Waals surface area contributed by atoms with Crippen molar-refractivity contribution in [3.05, 3.63) is 122 Å². The maximum Gasteiger partial charge on any atom is 0.306 e. The predicted octanol–water partition coefficient (Wildman–Crippen LogP) is 23.6. The van der Waals surface area contributed by atoms with Crippen molar-refractivity contribution in [1.29, 1.82) is 0 Å². The summed E-state index contributed by atoms with van der Waals surface area (Å²) in [5, 5.41) is 0. The summed E-state index contributed by atoms with van der Waals surface area (Å²) in [5.41, 5.74) is 0. The molecule has 0 rings (SSSR count). The van der Waals surface area contributed by atoms with E-state index in [1.54, 1.807) is 0 Å². The van der Waals surface area contributed by atoms with E-state index in [9.17, 15) is 14.4 Å². The first-order valence-electron chi connectivity index (χ1n) is 34.0. The number of carbonyl (C=O) groups is 3. The largest absolute Gasteiger partial charge is 0.462 e. The van der Waals surface area contributed by atoms with Crippen LogP contribution < -0.4 is 0 Å². The molecule has 0 aromatic rings. The molecule has 0 bridgehead atoms. The van der Waals surface area contributed by atoms with Gasteiger partial charge in [0.2, 0.25) is 0 Å². The van der Waals surface area contributed by atoms with Gasteiger partial charge in [-0.1, -0.05) is 303 Å². The minimum Gasteiger partial charge on any atom is -0.462 e. The van der Waals surface area contributed by atoms with E-state index in [1.165, 1.54) is 148 Å². The Bertz CT molecular complexity index is 1670. The summed E-state index contributed by atoms with van der Waals surface area (Å²) in [4.78, 5) is 38.2. The molecule has 0 amide bonds. The number of esters is 3. The minimum absolute atomic E-state index is 0.0817. The first-order chi connectivity index (χ1) is 40.0. The lowest BCUT2D eigenvalue weighted by Gasteiger charge is -2.18. The maximum absolute atomic E-state index is 12.9. The van der Waals surface area contributed by atoms with Gasteiger partial charge in [0.25, 0.3) is 0 Å². The first kappa shape index (κ1) is 76.8. The third-order valence-electron chi connectivity index (χ3n) is 14.5. The van der Waals surface area contributed by atoms with E-state index >= 15 is 0 Å². The molecule has 0 aliphatic heterocycles. The molecule has 0 fully saturated rings. The molecule has 6 heteroatoms. The third kappa shape index (κ3) is 66.5. The van der Waals surface area contributed by atoms with E-state index in [0.717, 1.165) is 128 Å². The first-order valence-corrected chi connectivity index (χ1v) is 34.0. The monoisotopic (exact) mass is 1120 g/mol. The molecule has 0 aromatic heterocycles. The highest BCUT2D eigenvalue weighted by atomic mass is 16.6. The number of hydrogen-bond donors (Lipinski definition) is 0. The molecule has 0 aromatic carbocycles. The molecule has 1 atom stereocenters. The lowest BCUT2D eigenvalue weighted by molar-refractivity contribution is -0.167. The van der Waals surface area contributed by atoms with Gasteiger partial charge in [-0.25, -0.2) is 0 Å². The molecular formula is C75H126O6. The van der Waals surface area contributed by atoms with Crippen LogP contribution >= 0.6 is 0 Å². The van der Waals surface area contributed by atoms with Crippen molar-refractivity contribution in [3.8, 4) is 0 Å². The summed E-state index contributed by atoms with van der Waals surface area (Å²) in [6.45, 7) is 6.49. The standard InChI is InChI=1S/C75H126O6/c1-4-7-10-13-16-19-21-23-25-27-29-30-31-32-33-34-35-36-37-38-39-40-41-42-43-44-46-47-49-51-53-56-59-62-65-68-74(77)80-71-72(70-79-73(76)67-64-61-58-55-18-15-12-9-6-3)81-75(78)69-66-63-60-57-54-52-50-48-45-28-26-24-22-20-17-14-11-8-5-2/h7,10,16-17,19-20,23-26,29-30,32-33,35-36,38-39,45,48,72H,4-6,8-9,11-15,18,21-22,27-28,31,34,37,40-44,46-47,49-71H2,1-3H3/b10-7-,19-16-,20-17-,25-23-,26-24-,30-29-,33-32-,36-35-,39-38-,48-45-. The van der Waals surface area contributed by atoms with Crippen molar-refractivity contribution in [2.24, 2.45) is 0 Å². The molecule has 0 heterocycles. The Balaban J connectivity index is 4.14. The van der Waals surface area contributed by atoms with E-state index < -0.39 is 6.10 Å². The maximum atomic E-state index is 12.9. The normalized spacial score (nSPS) is 12.9. The summed E-state index contributed by atoms with van der Waals surface area (Å²) < 4.78 is 16.9. The highest BCUT2D eigenvalue weighted by Gasteiger charge is 2.19. The topological polar surface area (TPSA) is 78.9 Å². The van der Waals surface area contributed by atoms with Crippen LogP contribution in [0.15, 0.2) is 122 Å². The quantitative estimate of drug-likeness (QED) is 0.0261. The zero-order valence-corrected chi connectivity index (χ0v) is 53.0. The molecule has 6 nitrogen and oxygen atoms in total. The van der Waals surface area contributed by atoms with Gasteiger partial charge in [0.15, 0.2) is 6.10 Å². The zero-order chi connectivity index (χ0) is 58.5. The zero-order valence-electron chi connectivity index (χ0n) is 53.0. The van der Waals surface area contributed by atoms with E-state index in [-0.39, 0.29) is 31.1 Å². The predicted molar refractivity (Wildman–Crippen MR) is 353 cm³/mol. The van der Waals surface area contributed by atoms with E-state index in [2.05, 4.69) is 142 Å². The lowest BCUT2D eigenvalue weighted by Crippen LogP contribution is -2.30. The third-order valence-corrected chi connectivity index (χ3v) is 14.5. The fourth-order valence-electron chi connectivity index (χ4n) is 9.37. The van der Waals surface area contributed by atoms with Gasteiger partial charge in [0.05, 0.1) is 0 Å². The van der Waals surface area contributed by atoms with Crippen molar-refractivity contribution in [2.75, 3.05) is 13.2 Å². The van der Waals surface area contributed by atoms with Gasteiger partial charge < -0.3 is 14.2 Å². The van der Waals surface area contributed by atoms with Crippen molar-refractivity contribution in [1.82, 2.24) is 0 Å². The average Bonchev–Trinajstić information content (AvgIpc) is 3.47. The Morgan fingerprint density at radius 2 is 0.481 bits per heavy atom. The van der Waals surface area contributed by atoms with Gasteiger partial charge in [0.1, 0.15) is 13.2 Å². The second-order valence-corrected chi connectivity index (χ2v) is 22.4. The van der Waals surface area contributed by atoms with Crippen molar-refractivity contribution >= 4 is 17.9 Å². The van der Waals surface area contributed by atoms with Crippen LogP contribution in [0.3, 0.4) is 0 Å². The summed E-state index contributed by atoms with van der Waals surface area (Å²) in [6, 6.07) is 0. The molecule has 0 saturated heterocycles. The number of unbranched alkanes of at least 4 members (excludes halogenated alkanes) is 30. The Morgan fingerprint density at radius 3 is 0.778 bits per heavy atom. The Labute approximate surface area is 501 Å². The fraction of sp³-hybridized carbons (Fsp3) is 0.693. The lowest BCUT2D eigenvalue weighted by atomic mass is 10.0. The SMILES string of the molecule is CC/C=C\C/C=C\C/C=C\C/C=C\C/C=C\C/C=C\C/C=C\CCCCCCCCCCCCCCCC(=O)OCC(COC(=O)CCCCCCCCCCC)OC(=O)CCCCCCCC/C=C\C/C=C\C/C=C\CCCCC.